The summed E-state index contributed by atoms with van der Waals surface area (Å²) in [5, 5.41) is 3.38. The minimum Gasteiger partial charge on any atom is -0.376 e. The van der Waals surface area contributed by atoms with Crippen LogP contribution >= 0.6 is 0 Å². The molecule has 138 valence electrons. The maximum absolute atomic E-state index is 12.3. The minimum atomic E-state index is -0.530. The molecule has 0 bridgehead atoms. The third-order valence-electron chi connectivity index (χ3n) is 3.89. The molecule has 0 spiro atoms. The zero-order valence-electron chi connectivity index (χ0n) is 14.7. The molecule has 3 N–H and O–H groups in total. The first-order valence-electron chi connectivity index (χ1n) is 8.35. The van der Waals surface area contributed by atoms with Crippen LogP contribution in [0.15, 0.2) is 59.7 Å². The molecule has 0 saturated carbocycles. The minimum absolute atomic E-state index is 0.000813. The number of carbonyl (C=O) groups is 2. The Morgan fingerprint density at radius 3 is 2.48 bits per heavy atom. The molecule has 0 aliphatic heterocycles. The van der Waals surface area contributed by atoms with E-state index in [9.17, 15) is 14.4 Å². The monoisotopic (exact) mass is 365 g/mol. The number of nitrogens with zero attached hydrogens (tertiary/aromatic N) is 2. The lowest BCUT2D eigenvalue weighted by Gasteiger charge is -2.10. The van der Waals surface area contributed by atoms with E-state index < -0.39 is 11.8 Å². The van der Waals surface area contributed by atoms with E-state index >= 15 is 0 Å². The summed E-state index contributed by atoms with van der Waals surface area (Å²) in [5.41, 5.74) is 6.76. The Balaban J connectivity index is 1.51. The summed E-state index contributed by atoms with van der Waals surface area (Å²) in [7, 11) is 0. The topological polar surface area (TPSA) is 105 Å². The fourth-order valence-corrected chi connectivity index (χ4v) is 2.45. The fourth-order valence-electron chi connectivity index (χ4n) is 2.45. The normalized spacial score (nSPS) is 10.4. The Labute approximate surface area is 155 Å². The van der Waals surface area contributed by atoms with Gasteiger partial charge in [-0.15, -0.1) is 0 Å². The van der Waals surface area contributed by atoms with Crippen molar-refractivity contribution in [1.82, 2.24) is 20.4 Å². The van der Waals surface area contributed by atoms with E-state index in [0.29, 0.717) is 10.9 Å². The number of nitrogens with one attached hydrogen (secondary N) is 3. The zero-order valence-corrected chi connectivity index (χ0v) is 14.7. The van der Waals surface area contributed by atoms with Crippen molar-refractivity contribution in [2.24, 2.45) is 0 Å². The van der Waals surface area contributed by atoms with Gasteiger partial charge in [-0.2, -0.15) is 0 Å². The van der Waals surface area contributed by atoms with Gasteiger partial charge >= 0.3 is 0 Å². The molecular formula is C19H19N5O3. The Morgan fingerprint density at radius 1 is 1.00 bits per heavy atom. The molecule has 0 aliphatic rings. The highest BCUT2D eigenvalue weighted by Gasteiger charge is 2.09. The number of carbonyl (C=O) groups excluding carboxylic acids is 2. The third-order valence-corrected chi connectivity index (χ3v) is 3.89. The summed E-state index contributed by atoms with van der Waals surface area (Å²) < 4.78 is 1.19. The molecule has 1 aromatic heterocycles. The van der Waals surface area contributed by atoms with Gasteiger partial charge < -0.3 is 5.32 Å². The van der Waals surface area contributed by atoms with Crippen molar-refractivity contribution < 1.29 is 9.59 Å². The smallest absolute Gasteiger partial charge is 0.261 e. The number of benzene rings is 2. The lowest BCUT2D eigenvalue weighted by molar-refractivity contribution is -0.128. The van der Waals surface area contributed by atoms with Crippen LogP contribution in [0.2, 0.25) is 0 Å². The molecule has 3 aromatic rings. The first-order valence-corrected chi connectivity index (χ1v) is 8.35. The van der Waals surface area contributed by atoms with Crippen molar-refractivity contribution in [1.29, 1.82) is 0 Å². The van der Waals surface area contributed by atoms with Gasteiger partial charge in [0.25, 0.3) is 17.4 Å². The van der Waals surface area contributed by atoms with Crippen molar-refractivity contribution in [3.63, 3.8) is 0 Å². The van der Waals surface area contributed by atoms with Crippen molar-refractivity contribution in [3.05, 3.63) is 70.8 Å². The average Bonchev–Trinajstić information content (AvgIpc) is 2.68. The van der Waals surface area contributed by atoms with Crippen LogP contribution in [0.25, 0.3) is 10.9 Å². The molecule has 8 nitrogen and oxygen atoms in total. The molecule has 0 radical (unpaired) electrons. The first kappa shape index (κ1) is 18.1. The number of para-hydroxylation sites is 1. The van der Waals surface area contributed by atoms with Gasteiger partial charge in [-0.3, -0.25) is 29.8 Å². The molecule has 3 rings (SSSR count). The van der Waals surface area contributed by atoms with Crippen molar-refractivity contribution in [2.75, 3.05) is 11.9 Å². The van der Waals surface area contributed by atoms with Gasteiger partial charge in [0, 0.05) is 5.69 Å². The van der Waals surface area contributed by atoms with E-state index in [1.165, 1.54) is 10.9 Å². The number of aromatic nitrogens is 2. The van der Waals surface area contributed by atoms with Gasteiger partial charge in [0.05, 0.1) is 23.8 Å². The lowest BCUT2D eigenvalue weighted by atomic mass is 10.2. The van der Waals surface area contributed by atoms with Gasteiger partial charge in [-0.05, 0) is 31.2 Å². The molecule has 2 aromatic carbocycles. The van der Waals surface area contributed by atoms with Gasteiger partial charge in [0.2, 0.25) is 0 Å². The highest BCUT2D eigenvalue weighted by molar-refractivity contribution is 5.84. The standard InChI is InChI=1S/C19H19N5O3/c1-13-6-8-14(9-7-13)20-10-17(25)22-23-18(26)11-24-12-21-16-5-3-2-4-15(16)19(24)27/h2-9,12,20H,10-11H2,1H3,(H,22,25)(H,23,26). The highest BCUT2D eigenvalue weighted by atomic mass is 16.2. The number of anilines is 1. The van der Waals surface area contributed by atoms with E-state index in [2.05, 4.69) is 21.2 Å². The molecule has 0 aliphatic carbocycles. The van der Waals surface area contributed by atoms with Crippen LogP contribution in [0.3, 0.4) is 0 Å². The van der Waals surface area contributed by atoms with Gasteiger partial charge in [-0.1, -0.05) is 29.8 Å². The maximum atomic E-state index is 12.3. The number of rotatable bonds is 5. The van der Waals surface area contributed by atoms with Crippen LogP contribution in [-0.2, 0) is 16.1 Å². The van der Waals surface area contributed by atoms with E-state index in [0.717, 1.165) is 11.3 Å². The van der Waals surface area contributed by atoms with Crippen LogP contribution < -0.4 is 21.7 Å². The van der Waals surface area contributed by atoms with Crippen LogP contribution in [0, 0.1) is 6.92 Å². The molecular weight excluding hydrogens is 346 g/mol. The zero-order chi connectivity index (χ0) is 19.2. The molecule has 0 saturated heterocycles. The largest absolute Gasteiger partial charge is 0.376 e. The van der Waals surface area contributed by atoms with E-state index in [1.54, 1.807) is 24.3 Å². The van der Waals surface area contributed by atoms with Crippen molar-refractivity contribution in [3.8, 4) is 0 Å². The van der Waals surface area contributed by atoms with Gasteiger partial charge in [0.1, 0.15) is 6.54 Å². The summed E-state index contributed by atoms with van der Waals surface area (Å²) in [4.78, 5) is 40.3. The lowest BCUT2D eigenvalue weighted by Crippen LogP contribution is -2.46. The predicted molar refractivity (Wildman–Crippen MR) is 102 cm³/mol. The maximum Gasteiger partial charge on any atom is 0.261 e. The van der Waals surface area contributed by atoms with Gasteiger partial charge in [-0.25, -0.2) is 4.98 Å². The number of hydrogen-bond acceptors (Lipinski definition) is 5. The fraction of sp³-hybridized carbons (Fsp3) is 0.158. The molecule has 0 fully saturated rings. The highest BCUT2D eigenvalue weighted by Crippen LogP contribution is 2.07. The van der Waals surface area contributed by atoms with Crippen molar-refractivity contribution >= 4 is 28.4 Å². The second-order valence-corrected chi connectivity index (χ2v) is 6.01. The second kappa shape index (κ2) is 8.13. The van der Waals surface area contributed by atoms with E-state index in [-0.39, 0.29) is 18.6 Å². The Bertz CT molecular complexity index is 1030. The predicted octanol–water partition coefficient (Wildman–Crippen LogP) is 0.964. The SMILES string of the molecule is Cc1ccc(NCC(=O)NNC(=O)Cn2cnc3ccccc3c2=O)cc1. The molecule has 2 amide bonds. The Hall–Kier alpha value is -3.68. The molecule has 8 heteroatoms. The van der Waals surface area contributed by atoms with E-state index in [4.69, 9.17) is 0 Å². The number of fused-ring (bicyclic) bond motifs is 1. The van der Waals surface area contributed by atoms with Crippen LogP contribution in [0.4, 0.5) is 5.69 Å². The van der Waals surface area contributed by atoms with Crippen LogP contribution in [0.1, 0.15) is 5.56 Å². The summed E-state index contributed by atoms with van der Waals surface area (Å²) in [5.74, 6) is -0.939. The number of hydrazine groups is 1. The number of aryl methyl sites for hydroxylation is 1. The summed E-state index contributed by atoms with van der Waals surface area (Å²) >= 11 is 0. The Kier molecular flexibility index (Phi) is 5.46. The first-order chi connectivity index (χ1) is 13.0. The van der Waals surface area contributed by atoms with Gasteiger partial charge in [0.15, 0.2) is 0 Å². The molecule has 27 heavy (non-hydrogen) atoms. The summed E-state index contributed by atoms with van der Waals surface area (Å²) in [6.07, 6.45) is 1.31. The third kappa shape index (κ3) is 4.69. The average molecular weight is 365 g/mol. The molecule has 1 heterocycles. The summed E-state index contributed by atoms with van der Waals surface area (Å²) in [6.45, 7) is 1.73. The Morgan fingerprint density at radius 2 is 1.70 bits per heavy atom. The number of amides is 2. The molecule has 0 atom stereocenters. The molecule has 0 unspecified atom stereocenters. The second-order valence-electron chi connectivity index (χ2n) is 6.01. The quantitative estimate of drug-likeness (QED) is 0.584. The van der Waals surface area contributed by atoms with E-state index in [1.807, 2.05) is 31.2 Å². The number of hydrogen-bond donors (Lipinski definition) is 3. The van der Waals surface area contributed by atoms with Crippen LogP contribution in [-0.4, -0.2) is 27.9 Å². The summed E-state index contributed by atoms with van der Waals surface area (Å²) in [6, 6.07) is 14.5. The van der Waals surface area contributed by atoms with Crippen LogP contribution in [0.5, 0.6) is 0 Å². The van der Waals surface area contributed by atoms with Crippen molar-refractivity contribution in [2.45, 2.75) is 13.5 Å².